The van der Waals surface area contributed by atoms with Gasteiger partial charge in [0.25, 0.3) is 0 Å². The first-order chi connectivity index (χ1) is 12.5. The maximum atomic E-state index is 11.8. The molecule has 0 aromatic carbocycles. The van der Waals surface area contributed by atoms with Crippen LogP contribution in [0.25, 0.3) is 0 Å². The zero-order chi connectivity index (χ0) is 18.6. The van der Waals surface area contributed by atoms with Crippen molar-refractivity contribution >= 4 is 5.97 Å². The van der Waals surface area contributed by atoms with E-state index in [1.54, 1.807) is 6.08 Å². The normalized spacial score (nSPS) is 47.0. The predicted molar refractivity (Wildman–Crippen MR) is 79.8 cm³/mol. The van der Waals surface area contributed by atoms with Gasteiger partial charge in [0.05, 0.1) is 31.0 Å². The molecule has 0 saturated carbocycles. The highest BCUT2D eigenvalue weighted by atomic mass is 16.8. The fraction of sp³-hybridized carbons (Fsp3) is 0.688. The van der Waals surface area contributed by atoms with Crippen LogP contribution in [0.15, 0.2) is 23.5 Å². The zero-order valence-corrected chi connectivity index (χ0v) is 13.5. The molecule has 4 aliphatic rings. The van der Waals surface area contributed by atoms with Gasteiger partial charge < -0.3 is 44.5 Å². The molecule has 10 heteroatoms. The molecule has 0 unspecified atom stereocenters. The molecule has 26 heavy (non-hydrogen) atoms. The van der Waals surface area contributed by atoms with Gasteiger partial charge in [-0.05, 0) is 11.6 Å². The summed E-state index contributed by atoms with van der Waals surface area (Å²) in [5, 5.41) is 48.7. The van der Waals surface area contributed by atoms with Crippen molar-refractivity contribution in [1.82, 2.24) is 0 Å². The van der Waals surface area contributed by atoms with Crippen molar-refractivity contribution in [2.45, 2.75) is 43.1 Å². The summed E-state index contributed by atoms with van der Waals surface area (Å²) in [6, 6.07) is 0. The number of aliphatic hydroxyl groups excluding tert-OH is 5. The van der Waals surface area contributed by atoms with Gasteiger partial charge in [0.1, 0.15) is 30.5 Å². The first-order valence-electron chi connectivity index (χ1n) is 8.30. The maximum absolute atomic E-state index is 11.8. The van der Waals surface area contributed by atoms with Crippen LogP contribution in [0, 0.1) is 11.8 Å². The van der Waals surface area contributed by atoms with Crippen molar-refractivity contribution in [3.63, 3.8) is 0 Å². The average Bonchev–Trinajstić information content (AvgIpc) is 3.16. The lowest BCUT2D eigenvalue weighted by molar-refractivity contribution is -0.339. The molecular weight excluding hydrogens is 352 g/mol. The Morgan fingerprint density at radius 1 is 1.04 bits per heavy atom. The summed E-state index contributed by atoms with van der Waals surface area (Å²) >= 11 is 0. The predicted octanol–water partition coefficient (Wildman–Crippen LogP) is -2.87. The summed E-state index contributed by atoms with van der Waals surface area (Å²) in [5.74, 6) is -1.42. The van der Waals surface area contributed by atoms with Crippen molar-refractivity contribution in [2.24, 2.45) is 11.8 Å². The van der Waals surface area contributed by atoms with E-state index in [2.05, 4.69) is 0 Å². The van der Waals surface area contributed by atoms with Crippen molar-refractivity contribution < 1.29 is 49.3 Å². The minimum absolute atomic E-state index is 0.291. The average molecular weight is 372 g/mol. The fourth-order valence-electron chi connectivity index (χ4n) is 3.95. The molecule has 3 aliphatic heterocycles. The highest BCUT2D eigenvalue weighted by Crippen LogP contribution is 2.48. The van der Waals surface area contributed by atoms with Crippen molar-refractivity contribution in [3.8, 4) is 0 Å². The number of hydrogen-bond donors (Lipinski definition) is 5. The van der Waals surface area contributed by atoms with Gasteiger partial charge in [-0.25, -0.2) is 4.79 Å². The molecule has 2 saturated heterocycles. The van der Waals surface area contributed by atoms with Gasteiger partial charge in [-0.15, -0.1) is 0 Å². The van der Waals surface area contributed by atoms with E-state index < -0.39 is 61.6 Å². The second-order valence-electron chi connectivity index (χ2n) is 6.73. The third-order valence-corrected chi connectivity index (χ3v) is 5.31. The summed E-state index contributed by atoms with van der Waals surface area (Å²) in [7, 11) is 0. The lowest BCUT2D eigenvalue weighted by Crippen LogP contribution is -2.60. The molecule has 10 nitrogen and oxygen atoms in total. The quantitative estimate of drug-likeness (QED) is 0.257. The first-order valence-corrected chi connectivity index (χ1v) is 8.30. The number of esters is 1. The number of aliphatic hydroxyl groups is 5. The van der Waals surface area contributed by atoms with E-state index in [0.29, 0.717) is 11.1 Å². The SMILES string of the molecule is O=C1O[C@@H]2C=C(CO)[C@@H]3[C@H](O[C@@H]4O[C@H](CO)[C@@H](O)[C@H](O)[C@H]4O)OC=C1[C@@H]32. The number of carbonyl (C=O) groups is 1. The molecule has 0 spiro atoms. The van der Waals surface area contributed by atoms with Crippen LogP contribution in [0.1, 0.15) is 0 Å². The molecule has 3 heterocycles. The molecule has 5 N–H and O–H groups in total. The molecule has 0 bridgehead atoms. The van der Waals surface area contributed by atoms with Crippen LogP contribution >= 0.6 is 0 Å². The van der Waals surface area contributed by atoms with Crippen LogP contribution in [0.4, 0.5) is 0 Å². The Hall–Kier alpha value is -1.53. The number of hydrogen-bond acceptors (Lipinski definition) is 10. The van der Waals surface area contributed by atoms with Crippen LogP contribution in [0.5, 0.6) is 0 Å². The second-order valence-corrected chi connectivity index (χ2v) is 6.73. The lowest BCUT2D eigenvalue weighted by Gasteiger charge is -2.42. The minimum atomic E-state index is -1.58. The van der Waals surface area contributed by atoms with Crippen molar-refractivity contribution in [2.75, 3.05) is 13.2 Å². The van der Waals surface area contributed by atoms with E-state index in [0.717, 1.165) is 0 Å². The van der Waals surface area contributed by atoms with Gasteiger partial charge in [0.15, 0.2) is 6.29 Å². The van der Waals surface area contributed by atoms with Gasteiger partial charge in [0, 0.05) is 5.92 Å². The van der Waals surface area contributed by atoms with Crippen LogP contribution < -0.4 is 0 Å². The molecule has 0 aromatic rings. The molecule has 0 amide bonds. The third-order valence-electron chi connectivity index (χ3n) is 5.31. The largest absolute Gasteiger partial charge is 0.471 e. The molecule has 144 valence electrons. The highest BCUT2D eigenvalue weighted by Gasteiger charge is 2.56. The fourth-order valence-corrected chi connectivity index (χ4v) is 3.95. The third kappa shape index (κ3) is 2.57. The van der Waals surface area contributed by atoms with Crippen LogP contribution in [0.3, 0.4) is 0 Å². The Labute approximate surface area is 147 Å². The summed E-state index contributed by atoms with van der Waals surface area (Å²) < 4.78 is 21.7. The van der Waals surface area contributed by atoms with Gasteiger partial charge in [-0.2, -0.15) is 0 Å². The van der Waals surface area contributed by atoms with Gasteiger partial charge in [-0.1, -0.05) is 0 Å². The van der Waals surface area contributed by atoms with Crippen LogP contribution in [0.2, 0.25) is 0 Å². The number of rotatable bonds is 4. The monoisotopic (exact) mass is 372 g/mol. The van der Waals surface area contributed by atoms with E-state index in [1.165, 1.54) is 6.26 Å². The van der Waals surface area contributed by atoms with E-state index in [-0.39, 0.29) is 12.5 Å². The second kappa shape index (κ2) is 6.57. The summed E-state index contributed by atoms with van der Waals surface area (Å²) in [6.07, 6.45) is -5.84. The lowest BCUT2D eigenvalue weighted by atomic mass is 9.84. The molecule has 0 aromatic heterocycles. The van der Waals surface area contributed by atoms with Gasteiger partial charge in [-0.3, -0.25) is 0 Å². The summed E-state index contributed by atoms with van der Waals surface area (Å²) in [5.41, 5.74) is 0.904. The van der Waals surface area contributed by atoms with Gasteiger partial charge in [0.2, 0.25) is 6.29 Å². The Morgan fingerprint density at radius 3 is 2.50 bits per heavy atom. The van der Waals surface area contributed by atoms with Crippen molar-refractivity contribution in [1.29, 1.82) is 0 Å². The molecule has 9 atom stereocenters. The molecule has 4 rings (SSSR count). The van der Waals surface area contributed by atoms with Gasteiger partial charge >= 0.3 is 5.97 Å². The summed E-state index contributed by atoms with van der Waals surface area (Å²) in [6.45, 7) is -0.876. The van der Waals surface area contributed by atoms with E-state index in [9.17, 15) is 30.3 Å². The van der Waals surface area contributed by atoms with Crippen LogP contribution in [-0.4, -0.2) is 87.8 Å². The van der Waals surface area contributed by atoms with Crippen molar-refractivity contribution in [3.05, 3.63) is 23.5 Å². The molecular formula is C16H20O10. The highest BCUT2D eigenvalue weighted by molar-refractivity contribution is 5.92. The smallest absolute Gasteiger partial charge is 0.338 e. The molecule has 0 radical (unpaired) electrons. The Kier molecular flexibility index (Phi) is 4.51. The van der Waals surface area contributed by atoms with E-state index in [4.69, 9.17) is 18.9 Å². The maximum Gasteiger partial charge on any atom is 0.338 e. The Bertz CT molecular complexity index is 643. The first kappa shape index (κ1) is 17.9. The Morgan fingerprint density at radius 2 is 1.81 bits per heavy atom. The zero-order valence-electron chi connectivity index (χ0n) is 13.5. The van der Waals surface area contributed by atoms with E-state index >= 15 is 0 Å². The minimum Gasteiger partial charge on any atom is -0.471 e. The molecule has 1 aliphatic carbocycles. The Balaban J connectivity index is 1.56. The standard InChI is InChI=1S/C16H20O10/c17-2-5-1-7-10-6(14(22)24-7)4-23-15(9(5)10)26-16-13(21)12(20)11(19)8(3-18)25-16/h1,4,7-13,15-21H,2-3H2/t7-,8-,9+,10-,11-,12+,13-,15+,16+/m1/s1. The number of ether oxygens (including phenoxy) is 4. The van der Waals surface area contributed by atoms with E-state index in [1.807, 2.05) is 0 Å². The molecule has 2 fully saturated rings. The topological polar surface area (TPSA) is 155 Å². The van der Waals surface area contributed by atoms with Crippen LogP contribution in [-0.2, 0) is 23.7 Å². The number of carbonyl (C=O) groups excluding carboxylic acids is 1. The summed E-state index contributed by atoms with van der Waals surface area (Å²) in [4.78, 5) is 11.8.